The molecule has 1 aliphatic rings. The molecule has 1 aliphatic heterocycles. The lowest BCUT2D eigenvalue weighted by Gasteiger charge is -2.33. The Kier molecular flexibility index (Phi) is 6.58. The molecule has 1 unspecified atom stereocenters. The van der Waals surface area contributed by atoms with E-state index in [4.69, 9.17) is 14.5 Å². The number of aromatic nitrogens is 4. The van der Waals surface area contributed by atoms with Gasteiger partial charge in [0.2, 0.25) is 0 Å². The molecule has 8 nitrogen and oxygen atoms in total. The number of likely N-dealkylation sites (tertiary alicyclic amines) is 1. The van der Waals surface area contributed by atoms with Gasteiger partial charge in [-0.3, -0.25) is 9.48 Å². The van der Waals surface area contributed by atoms with Gasteiger partial charge >= 0.3 is 0 Å². The quantitative estimate of drug-likeness (QED) is 0.544. The number of nitrogens with zero attached hydrogens (tertiary/aromatic N) is 5. The fraction of sp³-hybridized carbons (Fsp3) is 0.478. The van der Waals surface area contributed by atoms with Crippen molar-refractivity contribution in [2.24, 2.45) is 7.05 Å². The van der Waals surface area contributed by atoms with Crippen molar-refractivity contribution in [3.8, 4) is 0 Å². The molecule has 3 heterocycles. The average molecular weight is 424 g/mol. The van der Waals surface area contributed by atoms with Crippen molar-refractivity contribution in [1.82, 2.24) is 24.6 Å². The molecular formula is C23H29N5O3. The number of hydrogen-bond donors (Lipinski definition) is 0. The molecule has 0 aliphatic carbocycles. The van der Waals surface area contributed by atoms with E-state index in [1.165, 1.54) is 0 Å². The largest absolute Gasteiger partial charge is 0.382 e. The number of carbonyl (C=O) groups is 1. The van der Waals surface area contributed by atoms with Crippen molar-refractivity contribution in [3.63, 3.8) is 0 Å². The van der Waals surface area contributed by atoms with Crippen LogP contribution in [0.25, 0.3) is 10.9 Å². The highest BCUT2D eigenvalue weighted by atomic mass is 16.5. The van der Waals surface area contributed by atoms with Crippen LogP contribution in [0.15, 0.2) is 30.5 Å². The predicted octanol–water partition coefficient (Wildman–Crippen LogP) is 2.85. The normalized spacial score (nSPS) is 16.7. The van der Waals surface area contributed by atoms with E-state index in [0.717, 1.165) is 47.4 Å². The van der Waals surface area contributed by atoms with Crippen molar-refractivity contribution in [3.05, 3.63) is 53.2 Å². The summed E-state index contributed by atoms with van der Waals surface area (Å²) in [4.78, 5) is 24.4. The van der Waals surface area contributed by atoms with Gasteiger partial charge in [0.05, 0.1) is 31.0 Å². The second-order valence-electron chi connectivity index (χ2n) is 7.95. The molecule has 0 radical (unpaired) electrons. The molecule has 3 aromatic rings. The summed E-state index contributed by atoms with van der Waals surface area (Å²) in [5.74, 6) is 0.857. The molecule has 1 saturated heterocycles. The third-order valence-corrected chi connectivity index (χ3v) is 5.76. The Morgan fingerprint density at radius 2 is 2.10 bits per heavy atom. The first-order valence-corrected chi connectivity index (χ1v) is 10.7. The van der Waals surface area contributed by atoms with Gasteiger partial charge in [0.1, 0.15) is 5.82 Å². The van der Waals surface area contributed by atoms with Gasteiger partial charge in [-0.25, -0.2) is 9.97 Å². The minimum atomic E-state index is -0.0230. The number of hydrogen-bond acceptors (Lipinski definition) is 6. The smallest absolute Gasteiger partial charge is 0.275 e. The lowest BCUT2D eigenvalue weighted by Crippen LogP contribution is -2.40. The predicted molar refractivity (Wildman–Crippen MR) is 117 cm³/mol. The van der Waals surface area contributed by atoms with Crippen molar-refractivity contribution < 1.29 is 14.3 Å². The highest BCUT2D eigenvalue weighted by Gasteiger charge is 2.30. The number of aryl methyl sites for hydroxylation is 2. The van der Waals surface area contributed by atoms with Crippen LogP contribution in [0, 0.1) is 6.92 Å². The number of benzene rings is 1. The number of methoxy groups -OCH3 is 1. The minimum Gasteiger partial charge on any atom is -0.382 e. The standard InChI is InChI=1S/C23H29N5O3/c1-16-24-13-18(15-31-12-11-30-3)21(25-16)17-7-6-10-28(14-17)23(29)22-19-8-4-5-9-20(19)27(2)26-22/h4-5,8-9,13,17H,6-7,10-12,14-15H2,1-3H3. The Balaban J connectivity index is 1.54. The molecule has 4 rings (SSSR count). The fourth-order valence-corrected chi connectivity index (χ4v) is 4.21. The van der Waals surface area contributed by atoms with Crippen LogP contribution < -0.4 is 0 Å². The van der Waals surface area contributed by atoms with Gasteiger partial charge in [0.15, 0.2) is 5.69 Å². The Morgan fingerprint density at radius 1 is 1.26 bits per heavy atom. The molecule has 164 valence electrons. The number of para-hydroxylation sites is 1. The van der Waals surface area contributed by atoms with E-state index in [-0.39, 0.29) is 11.8 Å². The highest BCUT2D eigenvalue weighted by molar-refractivity contribution is 6.04. The van der Waals surface area contributed by atoms with Crippen molar-refractivity contribution in [1.29, 1.82) is 0 Å². The van der Waals surface area contributed by atoms with E-state index in [0.29, 0.717) is 32.1 Å². The Hall–Kier alpha value is -2.84. The van der Waals surface area contributed by atoms with Gasteiger partial charge in [-0.2, -0.15) is 5.10 Å². The molecule has 0 N–H and O–H groups in total. The van der Waals surface area contributed by atoms with Crippen molar-refractivity contribution in [2.45, 2.75) is 32.3 Å². The molecule has 0 spiro atoms. The van der Waals surface area contributed by atoms with Crippen LogP contribution in [0.4, 0.5) is 0 Å². The number of rotatable bonds is 7. The van der Waals surface area contributed by atoms with E-state index in [1.807, 2.05) is 49.3 Å². The summed E-state index contributed by atoms with van der Waals surface area (Å²) in [5.41, 5.74) is 3.43. The average Bonchev–Trinajstić information content (AvgIpc) is 3.14. The highest BCUT2D eigenvalue weighted by Crippen LogP contribution is 2.30. The van der Waals surface area contributed by atoms with Crippen LogP contribution in [-0.4, -0.2) is 64.0 Å². The van der Waals surface area contributed by atoms with Gasteiger partial charge < -0.3 is 14.4 Å². The molecule has 1 atom stereocenters. The number of carbonyl (C=O) groups excluding carboxylic acids is 1. The summed E-state index contributed by atoms with van der Waals surface area (Å²) < 4.78 is 12.6. The lowest BCUT2D eigenvalue weighted by atomic mass is 9.91. The monoisotopic (exact) mass is 423 g/mol. The topological polar surface area (TPSA) is 82.4 Å². The molecular weight excluding hydrogens is 394 g/mol. The maximum atomic E-state index is 13.4. The first-order valence-electron chi connectivity index (χ1n) is 10.7. The van der Waals surface area contributed by atoms with Gasteiger partial charge in [0.25, 0.3) is 5.91 Å². The van der Waals surface area contributed by atoms with E-state index in [9.17, 15) is 4.79 Å². The molecule has 1 fully saturated rings. The third-order valence-electron chi connectivity index (χ3n) is 5.76. The number of fused-ring (bicyclic) bond motifs is 1. The Bertz CT molecular complexity index is 1060. The van der Waals surface area contributed by atoms with Gasteiger partial charge in [0, 0.05) is 50.3 Å². The molecule has 8 heteroatoms. The van der Waals surface area contributed by atoms with Crippen LogP contribution in [0.5, 0.6) is 0 Å². The Morgan fingerprint density at radius 3 is 2.94 bits per heavy atom. The summed E-state index contributed by atoms with van der Waals surface area (Å²) in [5, 5.41) is 5.41. The molecule has 1 aromatic carbocycles. The van der Waals surface area contributed by atoms with Crippen LogP contribution in [-0.2, 0) is 23.1 Å². The zero-order valence-electron chi connectivity index (χ0n) is 18.4. The molecule has 2 aromatic heterocycles. The van der Waals surface area contributed by atoms with Gasteiger partial charge in [-0.05, 0) is 25.8 Å². The SMILES string of the molecule is COCCOCc1cnc(C)nc1C1CCCN(C(=O)c2nn(C)c3ccccc23)C1. The third kappa shape index (κ3) is 4.60. The fourth-order valence-electron chi connectivity index (χ4n) is 4.21. The van der Waals surface area contributed by atoms with E-state index >= 15 is 0 Å². The first-order chi connectivity index (χ1) is 15.1. The van der Waals surface area contributed by atoms with E-state index in [2.05, 4.69) is 10.1 Å². The minimum absolute atomic E-state index is 0.0230. The second kappa shape index (κ2) is 9.53. The molecule has 0 bridgehead atoms. The zero-order chi connectivity index (χ0) is 21.8. The summed E-state index contributed by atoms with van der Waals surface area (Å²) in [6.07, 6.45) is 3.75. The van der Waals surface area contributed by atoms with E-state index in [1.54, 1.807) is 11.8 Å². The molecule has 0 saturated carbocycles. The van der Waals surface area contributed by atoms with E-state index < -0.39 is 0 Å². The summed E-state index contributed by atoms with van der Waals surface area (Å²) in [7, 11) is 3.53. The maximum absolute atomic E-state index is 13.4. The molecule has 1 amide bonds. The van der Waals surface area contributed by atoms with Gasteiger partial charge in [-0.15, -0.1) is 0 Å². The van der Waals surface area contributed by atoms with Gasteiger partial charge in [-0.1, -0.05) is 18.2 Å². The van der Waals surface area contributed by atoms with Crippen LogP contribution in [0.3, 0.4) is 0 Å². The van der Waals surface area contributed by atoms with Crippen LogP contribution in [0.2, 0.25) is 0 Å². The first kappa shape index (κ1) is 21.4. The summed E-state index contributed by atoms with van der Waals surface area (Å²) in [6.45, 7) is 4.74. The zero-order valence-corrected chi connectivity index (χ0v) is 18.4. The number of piperidine rings is 1. The summed E-state index contributed by atoms with van der Waals surface area (Å²) in [6, 6.07) is 7.85. The lowest BCUT2D eigenvalue weighted by molar-refractivity contribution is 0.0602. The van der Waals surface area contributed by atoms with Crippen molar-refractivity contribution in [2.75, 3.05) is 33.4 Å². The molecule has 31 heavy (non-hydrogen) atoms. The van der Waals surface area contributed by atoms with Crippen LogP contribution in [0.1, 0.15) is 46.3 Å². The summed E-state index contributed by atoms with van der Waals surface area (Å²) >= 11 is 0. The van der Waals surface area contributed by atoms with Crippen LogP contribution >= 0.6 is 0 Å². The maximum Gasteiger partial charge on any atom is 0.275 e. The number of ether oxygens (including phenoxy) is 2. The Labute approximate surface area is 182 Å². The second-order valence-corrected chi connectivity index (χ2v) is 7.95. The van der Waals surface area contributed by atoms with Crippen molar-refractivity contribution >= 4 is 16.8 Å². The number of amides is 1.